The van der Waals surface area contributed by atoms with Crippen molar-refractivity contribution in [2.45, 2.75) is 26.4 Å². The second-order valence-electron chi connectivity index (χ2n) is 6.29. The monoisotopic (exact) mass is 337 g/mol. The molecule has 0 bridgehead atoms. The molecule has 24 heavy (non-hydrogen) atoms. The van der Waals surface area contributed by atoms with Crippen molar-refractivity contribution in [3.05, 3.63) is 58.1 Å². The number of carbonyl (C=O) groups is 1. The number of thiophene rings is 1. The van der Waals surface area contributed by atoms with Crippen LogP contribution in [0.1, 0.15) is 33.4 Å². The lowest BCUT2D eigenvalue weighted by molar-refractivity contribution is 0.102. The van der Waals surface area contributed by atoms with E-state index in [2.05, 4.69) is 35.2 Å². The molecular formula is C19H19N3OS. The molecule has 1 aliphatic heterocycles. The number of Topliss-reactive ketones (excluding diaryl/α,β-unsaturated/α-hetero) is 1. The lowest BCUT2D eigenvalue weighted by atomic mass is 10.0. The molecule has 0 radical (unpaired) electrons. The molecule has 122 valence electrons. The predicted molar refractivity (Wildman–Crippen MR) is 98.3 cm³/mol. The van der Waals surface area contributed by atoms with E-state index in [4.69, 9.17) is 10.7 Å². The molecule has 2 aromatic heterocycles. The number of fused-ring (bicyclic) bond motifs is 2. The molecule has 0 saturated carbocycles. The Morgan fingerprint density at radius 2 is 2.12 bits per heavy atom. The topological polar surface area (TPSA) is 59.2 Å². The molecule has 1 aliphatic rings. The van der Waals surface area contributed by atoms with Gasteiger partial charge in [0.25, 0.3) is 0 Å². The molecule has 0 aliphatic carbocycles. The number of nitrogens with zero attached hydrogens (tertiary/aromatic N) is 2. The van der Waals surface area contributed by atoms with Crippen LogP contribution in [0.25, 0.3) is 10.2 Å². The average molecular weight is 337 g/mol. The van der Waals surface area contributed by atoms with Crippen molar-refractivity contribution in [3.8, 4) is 0 Å². The van der Waals surface area contributed by atoms with Crippen LogP contribution in [0.4, 0.5) is 5.69 Å². The second-order valence-corrected chi connectivity index (χ2v) is 7.29. The third kappa shape index (κ3) is 2.70. The summed E-state index contributed by atoms with van der Waals surface area (Å²) in [4.78, 5) is 20.4. The van der Waals surface area contributed by atoms with Gasteiger partial charge in [0, 0.05) is 44.1 Å². The standard InChI is InChI=1S/C19H19N3OS/c1-12(23)18-17(20)15-9-14-11-22(10-13-5-3-2-4-6-13)8-7-16(14)21-19(15)24-18/h2-6,9H,7-8,10-11,20H2,1H3. The quantitative estimate of drug-likeness (QED) is 0.741. The molecule has 4 rings (SSSR count). The normalized spacial score (nSPS) is 14.7. The number of pyridine rings is 1. The zero-order chi connectivity index (χ0) is 16.7. The van der Waals surface area contributed by atoms with Gasteiger partial charge in [-0.3, -0.25) is 9.69 Å². The maximum atomic E-state index is 11.7. The number of hydrogen-bond acceptors (Lipinski definition) is 5. The third-order valence-electron chi connectivity index (χ3n) is 4.52. The first-order valence-corrected chi connectivity index (χ1v) is 8.91. The Kier molecular flexibility index (Phi) is 3.82. The van der Waals surface area contributed by atoms with E-state index in [0.29, 0.717) is 10.6 Å². The molecular weight excluding hydrogens is 318 g/mol. The summed E-state index contributed by atoms with van der Waals surface area (Å²) in [5.41, 5.74) is 10.4. The van der Waals surface area contributed by atoms with E-state index in [1.165, 1.54) is 22.5 Å². The third-order valence-corrected chi connectivity index (χ3v) is 5.73. The van der Waals surface area contributed by atoms with Crippen molar-refractivity contribution >= 4 is 33.0 Å². The van der Waals surface area contributed by atoms with Crippen molar-refractivity contribution in [3.63, 3.8) is 0 Å². The fourth-order valence-corrected chi connectivity index (χ4v) is 4.29. The first kappa shape index (κ1) is 15.3. The highest BCUT2D eigenvalue weighted by molar-refractivity contribution is 7.21. The van der Waals surface area contributed by atoms with Crippen molar-refractivity contribution in [2.75, 3.05) is 12.3 Å². The summed E-state index contributed by atoms with van der Waals surface area (Å²) < 4.78 is 0. The van der Waals surface area contributed by atoms with E-state index in [9.17, 15) is 4.79 Å². The maximum Gasteiger partial charge on any atom is 0.171 e. The molecule has 0 fully saturated rings. The van der Waals surface area contributed by atoms with Crippen molar-refractivity contribution < 1.29 is 4.79 Å². The van der Waals surface area contributed by atoms with Crippen LogP contribution in [-0.2, 0) is 19.5 Å². The number of rotatable bonds is 3. The summed E-state index contributed by atoms with van der Waals surface area (Å²) in [6, 6.07) is 12.6. The van der Waals surface area contributed by atoms with Crippen LogP contribution in [0.3, 0.4) is 0 Å². The summed E-state index contributed by atoms with van der Waals surface area (Å²) in [6.07, 6.45) is 0.936. The van der Waals surface area contributed by atoms with Gasteiger partial charge in [-0.2, -0.15) is 0 Å². The van der Waals surface area contributed by atoms with Crippen LogP contribution in [0, 0.1) is 0 Å². The highest BCUT2D eigenvalue weighted by Crippen LogP contribution is 2.35. The van der Waals surface area contributed by atoms with Gasteiger partial charge in [-0.1, -0.05) is 30.3 Å². The number of aromatic nitrogens is 1. The summed E-state index contributed by atoms with van der Waals surface area (Å²) >= 11 is 1.41. The van der Waals surface area contributed by atoms with Gasteiger partial charge < -0.3 is 5.73 Å². The Morgan fingerprint density at radius 3 is 2.88 bits per heavy atom. The lowest BCUT2D eigenvalue weighted by Gasteiger charge is -2.28. The van der Waals surface area contributed by atoms with Gasteiger partial charge in [0.2, 0.25) is 0 Å². The largest absolute Gasteiger partial charge is 0.397 e. The summed E-state index contributed by atoms with van der Waals surface area (Å²) in [6.45, 7) is 4.37. The zero-order valence-electron chi connectivity index (χ0n) is 13.6. The molecule has 2 N–H and O–H groups in total. The fourth-order valence-electron chi connectivity index (χ4n) is 3.29. The van der Waals surface area contributed by atoms with Crippen molar-refractivity contribution in [1.29, 1.82) is 0 Å². The van der Waals surface area contributed by atoms with Gasteiger partial charge in [0.15, 0.2) is 5.78 Å². The van der Waals surface area contributed by atoms with E-state index in [-0.39, 0.29) is 5.78 Å². The number of carbonyl (C=O) groups excluding carboxylic acids is 1. The van der Waals surface area contributed by atoms with Gasteiger partial charge in [0.05, 0.1) is 10.6 Å². The van der Waals surface area contributed by atoms with Gasteiger partial charge in [-0.05, 0) is 17.2 Å². The Labute approximate surface area is 144 Å². The maximum absolute atomic E-state index is 11.7. The highest BCUT2D eigenvalue weighted by atomic mass is 32.1. The van der Waals surface area contributed by atoms with Crippen LogP contribution < -0.4 is 5.73 Å². The minimum absolute atomic E-state index is 0.0131. The van der Waals surface area contributed by atoms with E-state index < -0.39 is 0 Å². The summed E-state index contributed by atoms with van der Waals surface area (Å²) in [5.74, 6) is 0.0131. The van der Waals surface area contributed by atoms with E-state index >= 15 is 0 Å². The van der Waals surface area contributed by atoms with Crippen LogP contribution >= 0.6 is 11.3 Å². The minimum Gasteiger partial charge on any atom is -0.397 e. The molecule has 4 nitrogen and oxygen atoms in total. The van der Waals surface area contributed by atoms with Crippen LogP contribution in [-0.4, -0.2) is 22.2 Å². The lowest BCUT2D eigenvalue weighted by Crippen LogP contribution is -2.30. The SMILES string of the molecule is CC(=O)c1sc2nc3c(cc2c1N)CN(Cc1ccccc1)CC3. The molecule has 1 aromatic carbocycles. The Hall–Kier alpha value is -2.24. The Bertz CT molecular complexity index is 917. The second kappa shape index (κ2) is 6.00. The molecule has 3 heterocycles. The smallest absolute Gasteiger partial charge is 0.171 e. The van der Waals surface area contributed by atoms with E-state index in [1.54, 1.807) is 6.92 Å². The van der Waals surface area contributed by atoms with Crippen molar-refractivity contribution in [1.82, 2.24) is 9.88 Å². The fraction of sp³-hybridized carbons (Fsp3) is 0.263. The van der Waals surface area contributed by atoms with Gasteiger partial charge in [-0.25, -0.2) is 4.98 Å². The average Bonchev–Trinajstić information content (AvgIpc) is 2.90. The molecule has 0 saturated heterocycles. The summed E-state index contributed by atoms with van der Waals surface area (Å²) in [7, 11) is 0. The van der Waals surface area contributed by atoms with Crippen LogP contribution in [0.5, 0.6) is 0 Å². The first-order valence-electron chi connectivity index (χ1n) is 8.10. The Balaban J connectivity index is 1.65. The number of benzene rings is 1. The molecule has 5 heteroatoms. The predicted octanol–water partition coefficient (Wildman–Crippen LogP) is 3.64. The molecule has 0 atom stereocenters. The number of nitrogen functional groups attached to an aromatic ring is 1. The number of hydrogen-bond donors (Lipinski definition) is 1. The first-order chi connectivity index (χ1) is 11.6. The zero-order valence-corrected chi connectivity index (χ0v) is 14.4. The van der Waals surface area contributed by atoms with E-state index in [0.717, 1.165) is 42.0 Å². The number of anilines is 1. The molecule has 0 unspecified atom stereocenters. The Morgan fingerprint density at radius 1 is 1.33 bits per heavy atom. The van der Waals surface area contributed by atoms with Crippen LogP contribution in [0.2, 0.25) is 0 Å². The summed E-state index contributed by atoms with van der Waals surface area (Å²) in [5, 5.41) is 0.922. The molecule has 3 aromatic rings. The van der Waals surface area contributed by atoms with Gasteiger partial charge in [-0.15, -0.1) is 11.3 Å². The van der Waals surface area contributed by atoms with E-state index in [1.807, 2.05) is 6.07 Å². The highest BCUT2D eigenvalue weighted by Gasteiger charge is 2.21. The molecule has 0 spiro atoms. The van der Waals surface area contributed by atoms with Crippen molar-refractivity contribution in [2.24, 2.45) is 0 Å². The van der Waals surface area contributed by atoms with Crippen LogP contribution in [0.15, 0.2) is 36.4 Å². The van der Waals surface area contributed by atoms with Gasteiger partial charge >= 0.3 is 0 Å². The number of ketones is 1. The minimum atomic E-state index is 0.0131. The number of nitrogens with two attached hydrogens (primary N) is 1. The van der Waals surface area contributed by atoms with Gasteiger partial charge in [0.1, 0.15) is 4.83 Å². The molecule has 0 amide bonds.